The molecule has 0 N–H and O–H groups in total. The van der Waals surface area contributed by atoms with Crippen LogP contribution in [0.2, 0.25) is 6.04 Å². The fourth-order valence-corrected chi connectivity index (χ4v) is 4.71. The summed E-state index contributed by atoms with van der Waals surface area (Å²) in [7, 11) is -0.712. The highest BCUT2D eigenvalue weighted by Gasteiger charge is 2.16. The minimum absolute atomic E-state index is 0.712. The molecule has 0 saturated heterocycles. The van der Waals surface area contributed by atoms with Crippen LogP contribution in [0.1, 0.15) is 19.8 Å². The molecule has 0 amide bonds. The fourth-order valence-electron chi connectivity index (χ4n) is 2.26. The van der Waals surface area contributed by atoms with Crippen LogP contribution in [0.5, 0.6) is 0 Å². The molecular weight excluding hydrogens is 260 g/mol. The predicted molar refractivity (Wildman–Crippen MR) is 88.4 cm³/mol. The van der Waals surface area contributed by atoms with Crippen LogP contribution in [0.4, 0.5) is 0 Å². The van der Waals surface area contributed by atoms with E-state index in [1.165, 1.54) is 23.2 Å². The Labute approximate surface area is 124 Å². The monoisotopic (exact) mass is 283 g/mol. The zero-order valence-corrected chi connectivity index (χ0v) is 13.2. The second-order valence-electron chi connectivity index (χ2n) is 4.93. The topological polar surface area (TPSA) is 9.23 Å². The SMILES string of the molecule is CCCCOCC[Si](c1ccccc1)c1ccccc1. The van der Waals surface area contributed by atoms with Gasteiger partial charge in [0.05, 0.1) is 0 Å². The van der Waals surface area contributed by atoms with Gasteiger partial charge < -0.3 is 4.74 Å². The Morgan fingerprint density at radius 3 is 1.85 bits per heavy atom. The Morgan fingerprint density at radius 2 is 1.35 bits per heavy atom. The minimum Gasteiger partial charge on any atom is -0.382 e. The molecular formula is C18H23OSi. The van der Waals surface area contributed by atoms with Crippen molar-refractivity contribution in [1.82, 2.24) is 0 Å². The van der Waals surface area contributed by atoms with E-state index in [1.807, 2.05) is 0 Å². The number of rotatable bonds is 8. The normalized spacial score (nSPS) is 10.9. The van der Waals surface area contributed by atoms with Crippen LogP contribution in [-0.4, -0.2) is 22.0 Å². The molecule has 2 rings (SSSR count). The Bertz CT molecular complexity index is 430. The molecule has 0 atom stereocenters. The van der Waals surface area contributed by atoms with Gasteiger partial charge in [-0.2, -0.15) is 0 Å². The lowest BCUT2D eigenvalue weighted by Crippen LogP contribution is -2.42. The largest absolute Gasteiger partial charge is 0.382 e. The van der Waals surface area contributed by atoms with Crippen molar-refractivity contribution < 1.29 is 4.74 Å². The molecule has 0 aromatic heterocycles. The molecule has 0 bridgehead atoms. The molecule has 2 aromatic carbocycles. The van der Waals surface area contributed by atoms with Crippen molar-refractivity contribution in [1.29, 1.82) is 0 Å². The Kier molecular flexibility index (Phi) is 6.55. The zero-order valence-electron chi connectivity index (χ0n) is 12.2. The first-order chi connectivity index (χ1) is 9.92. The fraction of sp³-hybridized carbons (Fsp3) is 0.333. The third-order valence-electron chi connectivity index (χ3n) is 3.38. The van der Waals surface area contributed by atoms with Crippen molar-refractivity contribution in [3.8, 4) is 0 Å². The standard InChI is InChI=1S/C18H23OSi/c1-2-3-14-19-15-16-20(17-10-6-4-7-11-17)18-12-8-5-9-13-18/h4-13H,2-3,14-16H2,1H3. The van der Waals surface area contributed by atoms with E-state index in [0.29, 0.717) is 0 Å². The lowest BCUT2D eigenvalue weighted by atomic mass is 10.4. The minimum atomic E-state index is -0.712. The Hall–Kier alpha value is -1.38. The maximum Gasteiger partial charge on any atom is 0.123 e. The van der Waals surface area contributed by atoms with Crippen LogP contribution < -0.4 is 10.4 Å². The molecule has 0 fully saturated rings. The summed E-state index contributed by atoms with van der Waals surface area (Å²) in [6.07, 6.45) is 2.37. The summed E-state index contributed by atoms with van der Waals surface area (Å²) >= 11 is 0. The molecule has 2 heteroatoms. The molecule has 0 spiro atoms. The molecule has 0 aliphatic heterocycles. The number of ether oxygens (including phenoxy) is 1. The average molecular weight is 283 g/mol. The molecule has 0 aliphatic rings. The Morgan fingerprint density at radius 1 is 0.800 bits per heavy atom. The van der Waals surface area contributed by atoms with E-state index in [2.05, 4.69) is 67.6 Å². The van der Waals surface area contributed by atoms with Crippen LogP contribution in [0, 0.1) is 0 Å². The first-order valence-corrected chi connectivity index (χ1v) is 9.17. The highest BCUT2D eigenvalue weighted by molar-refractivity contribution is 6.85. The summed E-state index contributed by atoms with van der Waals surface area (Å²) in [6, 6.07) is 22.9. The third-order valence-corrected chi connectivity index (χ3v) is 6.15. The van der Waals surface area contributed by atoms with Gasteiger partial charge >= 0.3 is 0 Å². The van der Waals surface area contributed by atoms with Gasteiger partial charge in [0, 0.05) is 13.2 Å². The highest BCUT2D eigenvalue weighted by atomic mass is 28.3. The summed E-state index contributed by atoms with van der Waals surface area (Å²) in [5, 5.41) is 2.95. The van der Waals surface area contributed by atoms with Crippen molar-refractivity contribution in [3.05, 3.63) is 60.7 Å². The van der Waals surface area contributed by atoms with Crippen LogP contribution >= 0.6 is 0 Å². The van der Waals surface area contributed by atoms with Gasteiger partial charge in [-0.05, 0) is 12.5 Å². The van der Waals surface area contributed by atoms with E-state index in [1.54, 1.807) is 0 Å². The molecule has 0 heterocycles. The van der Waals surface area contributed by atoms with Gasteiger partial charge in [0.2, 0.25) is 0 Å². The third kappa shape index (κ3) is 4.62. The molecule has 2 aromatic rings. The van der Waals surface area contributed by atoms with Crippen molar-refractivity contribution in [2.45, 2.75) is 25.8 Å². The summed E-state index contributed by atoms with van der Waals surface area (Å²) < 4.78 is 5.77. The quantitative estimate of drug-likeness (QED) is 0.534. The van der Waals surface area contributed by atoms with Crippen LogP contribution in [0.15, 0.2) is 60.7 Å². The highest BCUT2D eigenvalue weighted by Crippen LogP contribution is 1.99. The van der Waals surface area contributed by atoms with Gasteiger partial charge in [-0.3, -0.25) is 0 Å². The first kappa shape index (κ1) is 15.0. The molecule has 0 saturated carbocycles. The van der Waals surface area contributed by atoms with Crippen molar-refractivity contribution in [3.63, 3.8) is 0 Å². The van der Waals surface area contributed by atoms with Crippen molar-refractivity contribution in [2.24, 2.45) is 0 Å². The molecule has 0 aliphatic carbocycles. The van der Waals surface area contributed by atoms with Gasteiger partial charge in [0.15, 0.2) is 0 Å². The molecule has 0 unspecified atom stereocenters. The second-order valence-corrected chi connectivity index (χ2v) is 7.54. The first-order valence-electron chi connectivity index (χ1n) is 7.46. The summed E-state index contributed by atoms with van der Waals surface area (Å²) in [5.74, 6) is 0. The van der Waals surface area contributed by atoms with Gasteiger partial charge in [0.25, 0.3) is 0 Å². The van der Waals surface area contributed by atoms with Gasteiger partial charge in [-0.1, -0.05) is 84.4 Å². The van der Waals surface area contributed by atoms with Crippen LogP contribution in [-0.2, 0) is 4.74 Å². The van der Waals surface area contributed by atoms with E-state index in [9.17, 15) is 0 Å². The van der Waals surface area contributed by atoms with Gasteiger partial charge in [-0.25, -0.2) is 0 Å². The van der Waals surface area contributed by atoms with Gasteiger partial charge in [0.1, 0.15) is 8.80 Å². The maximum atomic E-state index is 5.77. The lowest BCUT2D eigenvalue weighted by molar-refractivity contribution is 0.144. The van der Waals surface area contributed by atoms with Crippen molar-refractivity contribution >= 4 is 19.2 Å². The van der Waals surface area contributed by atoms with Crippen LogP contribution in [0.3, 0.4) is 0 Å². The number of hydrogen-bond donors (Lipinski definition) is 0. The average Bonchev–Trinajstić information content (AvgIpc) is 2.53. The van der Waals surface area contributed by atoms with Gasteiger partial charge in [-0.15, -0.1) is 0 Å². The van der Waals surface area contributed by atoms with E-state index < -0.39 is 8.80 Å². The molecule has 1 radical (unpaired) electrons. The summed E-state index contributed by atoms with van der Waals surface area (Å²) in [4.78, 5) is 0. The predicted octanol–water partition coefficient (Wildman–Crippen LogP) is 3.11. The molecule has 20 heavy (non-hydrogen) atoms. The molecule has 1 nitrogen and oxygen atoms in total. The number of benzene rings is 2. The Balaban J connectivity index is 2.02. The van der Waals surface area contributed by atoms with E-state index in [4.69, 9.17) is 4.74 Å². The van der Waals surface area contributed by atoms with Crippen molar-refractivity contribution in [2.75, 3.05) is 13.2 Å². The maximum absolute atomic E-state index is 5.77. The van der Waals surface area contributed by atoms with Crippen LogP contribution in [0.25, 0.3) is 0 Å². The molecule has 105 valence electrons. The second kappa shape index (κ2) is 8.72. The zero-order chi connectivity index (χ0) is 14.0. The van der Waals surface area contributed by atoms with E-state index >= 15 is 0 Å². The number of hydrogen-bond acceptors (Lipinski definition) is 1. The van der Waals surface area contributed by atoms with E-state index in [-0.39, 0.29) is 0 Å². The van der Waals surface area contributed by atoms with E-state index in [0.717, 1.165) is 19.3 Å². The number of unbranched alkanes of at least 4 members (excludes halogenated alkanes) is 1. The smallest absolute Gasteiger partial charge is 0.123 e. The lowest BCUT2D eigenvalue weighted by Gasteiger charge is -2.16. The summed E-state index contributed by atoms with van der Waals surface area (Å²) in [5.41, 5.74) is 0. The summed E-state index contributed by atoms with van der Waals surface area (Å²) in [6.45, 7) is 3.97.